The van der Waals surface area contributed by atoms with Crippen molar-refractivity contribution >= 4 is 27.3 Å². The average molecular weight is 330 g/mol. The Balaban J connectivity index is 1.88. The van der Waals surface area contributed by atoms with Crippen LogP contribution in [0.15, 0.2) is 16.6 Å². The fourth-order valence-electron chi connectivity index (χ4n) is 1.70. The summed E-state index contributed by atoms with van der Waals surface area (Å²) in [4.78, 5) is 2.63. The largest absolute Gasteiger partial charge is 0.481 e. The summed E-state index contributed by atoms with van der Waals surface area (Å²) in [6.45, 7) is 3.71. The molecule has 0 aromatic carbocycles. The molecule has 2 aromatic rings. The molecule has 18 heavy (non-hydrogen) atoms. The van der Waals surface area contributed by atoms with E-state index in [1.807, 2.05) is 13.1 Å². The fourth-order valence-corrected chi connectivity index (χ4v) is 3.27. The first-order chi connectivity index (χ1) is 8.60. The molecule has 6 heteroatoms. The van der Waals surface area contributed by atoms with Crippen molar-refractivity contribution in [3.63, 3.8) is 0 Å². The third-order valence-corrected chi connectivity index (χ3v) is 4.75. The maximum Gasteiger partial charge on any atom is 0.211 e. The normalized spacial score (nSPS) is 10.9. The smallest absolute Gasteiger partial charge is 0.211 e. The van der Waals surface area contributed by atoms with Crippen molar-refractivity contribution < 1.29 is 4.74 Å². The van der Waals surface area contributed by atoms with Crippen molar-refractivity contribution in [2.24, 2.45) is 7.05 Å². The van der Waals surface area contributed by atoms with Gasteiger partial charge in [0.1, 0.15) is 0 Å². The van der Waals surface area contributed by atoms with Gasteiger partial charge in [-0.15, -0.1) is 11.3 Å². The number of thiophene rings is 1. The number of hydrogen-bond donors (Lipinski definition) is 1. The molecule has 1 N–H and O–H groups in total. The monoisotopic (exact) mass is 329 g/mol. The van der Waals surface area contributed by atoms with Gasteiger partial charge < -0.3 is 10.1 Å². The highest BCUT2D eigenvalue weighted by Gasteiger charge is 2.06. The molecule has 0 aliphatic carbocycles. The average Bonchev–Trinajstić information content (AvgIpc) is 2.83. The van der Waals surface area contributed by atoms with E-state index >= 15 is 0 Å². The maximum atomic E-state index is 5.18. The van der Waals surface area contributed by atoms with Gasteiger partial charge in [-0.2, -0.15) is 5.10 Å². The van der Waals surface area contributed by atoms with Gasteiger partial charge in [-0.05, 0) is 28.9 Å². The second-order valence-corrected chi connectivity index (χ2v) is 6.22. The zero-order valence-corrected chi connectivity index (χ0v) is 13.1. The maximum absolute atomic E-state index is 5.18. The molecule has 2 rings (SSSR count). The molecule has 0 aliphatic rings. The summed E-state index contributed by atoms with van der Waals surface area (Å²) in [6.07, 6.45) is 0. The summed E-state index contributed by atoms with van der Waals surface area (Å²) in [5, 5.41) is 7.74. The molecule has 0 saturated carbocycles. The van der Waals surface area contributed by atoms with Gasteiger partial charge in [0.05, 0.1) is 12.8 Å². The number of aryl methyl sites for hydroxylation is 2. The van der Waals surface area contributed by atoms with Gasteiger partial charge >= 0.3 is 0 Å². The van der Waals surface area contributed by atoms with E-state index in [4.69, 9.17) is 4.74 Å². The Morgan fingerprint density at radius 3 is 2.78 bits per heavy atom. The Kier molecular flexibility index (Phi) is 4.42. The molecule has 0 atom stereocenters. The van der Waals surface area contributed by atoms with Gasteiger partial charge in [0.2, 0.25) is 5.88 Å². The van der Waals surface area contributed by atoms with Crippen LogP contribution < -0.4 is 10.1 Å². The number of nitrogens with one attached hydrogen (secondary N) is 1. The molecule has 0 radical (unpaired) electrons. The van der Waals surface area contributed by atoms with Crippen LogP contribution in [0.3, 0.4) is 0 Å². The van der Waals surface area contributed by atoms with Gasteiger partial charge in [0.15, 0.2) is 0 Å². The highest BCUT2D eigenvalue weighted by atomic mass is 79.9. The minimum Gasteiger partial charge on any atom is -0.481 e. The van der Waals surface area contributed by atoms with Gasteiger partial charge in [-0.1, -0.05) is 0 Å². The number of methoxy groups -OCH3 is 1. The van der Waals surface area contributed by atoms with Crippen LogP contribution in [-0.4, -0.2) is 16.9 Å². The van der Waals surface area contributed by atoms with Crippen LogP contribution in [0, 0.1) is 6.92 Å². The molecule has 4 nitrogen and oxygen atoms in total. The van der Waals surface area contributed by atoms with Crippen LogP contribution in [0.5, 0.6) is 5.88 Å². The summed E-state index contributed by atoms with van der Waals surface area (Å²) in [5.74, 6) is 0.779. The van der Waals surface area contributed by atoms with Gasteiger partial charge in [-0.25, -0.2) is 4.68 Å². The van der Waals surface area contributed by atoms with Crippen LogP contribution >= 0.6 is 27.3 Å². The third kappa shape index (κ3) is 3.13. The lowest BCUT2D eigenvalue weighted by Crippen LogP contribution is -2.12. The zero-order chi connectivity index (χ0) is 13.1. The highest BCUT2D eigenvalue weighted by molar-refractivity contribution is 9.10. The Hall–Kier alpha value is -0.850. The lowest BCUT2D eigenvalue weighted by molar-refractivity contribution is 0.373. The Labute approximate surface area is 119 Å². The minimum atomic E-state index is 0.742. The van der Waals surface area contributed by atoms with Gasteiger partial charge in [0.25, 0.3) is 0 Å². The molecular formula is C12H16BrN3OS. The second-order valence-electron chi connectivity index (χ2n) is 4.02. The summed E-state index contributed by atoms with van der Waals surface area (Å²) in [7, 11) is 3.53. The molecule has 2 aromatic heterocycles. The molecule has 0 spiro atoms. The van der Waals surface area contributed by atoms with Crippen LogP contribution in [0.1, 0.15) is 15.4 Å². The lowest BCUT2D eigenvalue weighted by atomic mass is 10.4. The first kappa shape index (κ1) is 13.6. The molecular weight excluding hydrogens is 314 g/mol. The van der Waals surface area contributed by atoms with Crippen LogP contribution in [0.2, 0.25) is 0 Å². The Morgan fingerprint density at radius 2 is 2.22 bits per heavy atom. The van der Waals surface area contributed by atoms with E-state index in [9.17, 15) is 0 Å². The van der Waals surface area contributed by atoms with E-state index in [1.165, 1.54) is 14.2 Å². The van der Waals surface area contributed by atoms with Crippen molar-refractivity contribution in [2.75, 3.05) is 7.11 Å². The van der Waals surface area contributed by atoms with Gasteiger partial charge in [-0.3, -0.25) is 0 Å². The van der Waals surface area contributed by atoms with Crippen LogP contribution in [-0.2, 0) is 20.1 Å². The summed E-state index contributed by atoms with van der Waals surface area (Å²) >= 11 is 5.33. The number of ether oxygens (including phenoxy) is 1. The molecule has 0 amide bonds. The topological polar surface area (TPSA) is 39.1 Å². The number of rotatable bonds is 5. The molecule has 98 valence electrons. The van der Waals surface area contributed by atoms with Crippen molar-refractivity contribution in [2.45, 2.75) is 20.0 Å². The van der Waals surface area contributed by atoms with Crippen molar-refractivity contribution in [3.8, 4) is 5.88 Å². The number of hydrogen-bond acceptors (Lipinski definition) is 4. The Morgan fingerprint density at radius 1 is 1.44 bits per heavy atom. The molecule has 0 aliphatic heterocycles. The molecule has 0 fully saturated rings. The minimum absolute atomic E-state index is 0.742. The number of aromatic nitrogens is 2. The zero-order valence-electron chi connectivity index (χ0n) is 10.7. The van der Waals surface area contributed by atoms with Crippen molar-refractivity contribution in [1.82, 2.24) is 15.1 Å². The second kappa shape index (κ2) is 5.86. The van der Waals surface area contributed by atoms with E-state index in [-0.39, 0.29) is 0 Å². The van der Waals surface area contributed by atoms with E-state index in [0.29, 0.717) is 0 Å². The highest BCUT2D eigenvalue weighted by Crippen LogP contribution is 2.26. The predicted molar refractivity (Wildman–Crippen MR) is 77.1 cm³/mol. The first-order valence-electron chi connectivity index (χ1n) is 5.62. The van der Waals surface area contributed by atoms with E-state index < -0.39 is 0 Å². The number of nitrogens with zero attached hydrogens (tertiary/aromatic N) is 2. The summed E-state index contributed by atoms with van der Waals surface area (Å²) < 4.78 is 8.10. The SMILES string of the molecule is COc1cc(CNCc2cc(Br)c(C)s2)nn1C. The van der Waals surface area contributed by atoms with Crippen LogP contribution in [0.25, 0.3) is 0 Å². The molecule has 0 unspecified atom stereocenters. The predicted octanol–water partition coefficient (Wildman–Crippen LogP) is 2.85. The number of halogens is 1. The van der Waals surface area contributed by atoms with Crippen molar-refractivity contribution in [3.05, 3.63) is 32.1 Å². The van der Waals surface area contributed by atoms with Crippen molar-refractivity contribution in [1.29, 1.82) is 0 Å². The lowest BCUT2D eigenvalue weighted by Gasteiger charge is -1.99. The fraction of sp³-hybridized carbons (Fsp3) is 0.417. The van der Waals surface area contributed by atoms with Crippen LogP contribution in [0.4, 0.5) is 0 Å². The first-order valence-corrected chi connectivity index (χ1v) is 7.23. The molecule has 2 heterocycles. The molecule has 0 bridgehead atoms. The summed E-state index contributed by atoms with van der Waals surface area (Å²) in [6, 6.07) is 4.11. The van der Waals surface area contributed by atoms with Gasteiger partial charge in [0, 0.05) is 40.4 Å². The Bertz CT molecular complexity index is 516. The van der Waals surface area contributed by atoms with E-state index in [0.717, 1.165) is 24.7 Å². The van der Waals surface area contributed by atoms with E-state index in [1.54, 1.807) is 23.1 Å². The standard InChI is InChI=1S/C12H16BrN3OS/c1-8-11(13)5-10(18-8)7-14-6-9-4-12(17-3)16(2)15-9/h4-5,14H,6-7H2,1-3H3. The summed E-state index contributed by atoms with van der Waals surface area (Å²) in [5.41, 5.74) is 0.988. The third-order valence-electron chi connectivity index (χ3n) is 2.61. The molecule has 0 saturated heterocycles. The van der Waals surface area contributed by atoms with E-state index in [2.05, 4.69) is 39.3 Å². The quantitative estimate of drug-likeness (QED) is 0.916.